The number of methoxy groups -OCH3 is 1. The number of benzene rings is 2. The third-order valence-corrected chi connectivity index (χ3v) is 5.31. The largest absolute Gasteiger partial charge is 0.465 e. The molecule has 0 saturated heterocycles. The van der Waals surface area contributed by atoms with Gasteiger partial charge in [-0.1, -0.05) is 43.0 Å². The number of ether oxygens (including phenoxy) is 2. The Morgan fingerprint density at radius 3 is 2.45 bits per heavy atom. The average Bonchev–Trinajstić information content (AvgIpc) is 3.02. The van der Waals surface area contributed by atoms with Crippen molar-refractivity contribution >= 4 is 34.4 Å². The van der Waals surface area contributed by atoms with Gasteiger partial charge in [0, 0.05) is 22.2 Å². The van der Waals surface area contributed by atoms with E-state index in [1.54, 1.807) is 31.2 Å². The number of aromatic nitrogens is 1. The van der Waals surface area contributed by atoms with Gasteiger partial charge in [-0.25, -0.2) is 9.78 Å². The molecule has 0 radical (unpaired) electrons. The molecule has 0 saturated carbocycles. The fourth-order valence-electron chi connectivity index (χ4n) is 3.74. The van der Waals surface area contributed by atoms with Crippen molar-refractivity contribution in [3.63, 3.8) is 0 Å². The van der Waals surface area contributed by atoms with E-state index in [0.717, 1.165) is 5.39 Å². The molecule has 0 aliphatic carbocycles. The first-order chi connectivity index (χ1) is 14.9. The van der Waals surface area contributed by atoms with Crippen LogP contribution in [0.4, 0.5) is 0 Å². The van der Waals surface area contributed by atoms with Crippen LogP contribution in [0.1, 0.15) is 37.5 Å². The van der Waals surface area contributed by atoms with Crippen molar-refractivity contribution < 1.29 is 23.9 Å². The number of esters is 2. The average molecular weight is 416 g/mol. The van der Waals surface area contributed by atoms with Gasteiger partial charge in [-0.2, -0.15) is 0 Å². The molecule has 31 heavy (non-hydrogen) atoms. The van der Waals surface area contributed by atoms with Gasteiger partial charge in [0.05, 0.1) is 23.9 Å². The van der Waals surface area contributed by atoms with Gasteiger partial charge in [-0.15, -0.1) is 0 Å². The van der Waals surface area contributed by atoms with E-state index >= 15 is 0 Å². The molecule has 156 valence electrons. The predicted molar refractivity (Wildman–Crippen MR) is 114 cm³/mol. The third-order valence-electron chi connectivity index (χ3n) is 5.31. The summed E-state index contributed by atoms with van der Waals surface area (Å²) < 4.78 is 10.3. The number of para-hydroxylation sites is 1. The van der Waals surface area contributed by atoms with Crippen LogP contribution in [0.2, 0.25) is 0 Å². The van der Waals surface area contributed by atoms with E-state index in [0.29, 0.717) is 33.6 Å². The summed E-state index contributed by atoms with van der Waals surface area (Å²) >= 11 is 0. The number of pyridine rings is 1. The van der Waals surface area contributed by atoms with Crippen molar-refractivity contribution in [2.24, 2.45) is 0 Å². The highest BCUT2D eigenvalue weighted by molar-refractivity contribution is 6.10. The number of carbonyl (C=O) groups is 3. The second-order valence-corrected chi connectivity index (χ2v) is 7.11. The van der Waals surface area contributed by atoms with Crippen molar-refractivity contribution in [1.29, 1.82) is 0 Å². The second kappa shape index (κ2) is 8.02. The summed E-state index contributed by atoms with van der Waals surface area (Å²) in [6.07, 6.45) is 0. The third kappa shape index (κ3) is 3.54. The molecule has 0 atom stereocenters. The predicted octanol–water partition coefficient (Wildman–Crippen LogP) is 3.50. The molecule has 1 aliphatic rings. The van der Waals surface area contributed by atoms with Crippen molar-refractivity contribution in [3.05, 3.63) is 83.1 Å². The molecule has 1 aromatic heterocycles. The smallest absolute Gasteiger partial charge is 0.340 e. The normalized spacial score (nSPS) is 12.8. The van der Waals surface area contributed by atoms with Crippen LogP contribution in [-0.4, -0.2) is 41.4 Å². The van der Waals surface area contributed by atoms with Crippen LogP contribution in [0.15, 0.2) is 55.1 Å². The SMILES string of the molecule is C=C1c2ccccc2C(=O)N1CC(=O)OCc1nc2ccccc2c(C)c1C(=O)OC. The van der Waals surface area contributed by atoms with Gasteiger partial charge >= 0.3 is 11.9 Å². The Bertz CT molecular complexity index is 1210. The van der Waals surface area contributed by atoms with E-state index in [-0.39, 0.29) is 24.6 Å². The van der Waals surface area contributed by atoms with Crippen molar-refractivity contribution in [2.75, 3.05) is 13.7 Å². The van der Waals surface area contributed by atoms with E-state index in [1.165, 1.54) is 12.0 Å². The van der Waals surface area contributed by atoms with Gasteiger partial charge in [0.1, 0.15) is 13.2 Å². The monoisotopic (exact) mass is 416 g/mol. The van der Waals surface area contributed by atoms with Gasteiger partial charge < -0.3 is 9.47 Å². The summed E-state index contributed by atoms with van der Waals surface area (Å²) in [7, 11) is 1.29. The van der Waals surface area contributed by atoms with Crippen LogP contribution in [0.5, 0.6) is 0 Å². The minimum atomic E-state index is -0.634. The molecule has 7 nitrogen and oxygen atoms in total. The Balaban J connectivity index is 1.54. The minimum Gasteiger partial charge on any atom is -0.465 e. The van der Waals surface area contributed by atoms with E-state index in [1.807, 2.05) is 24.3 Å². The maximum atomic E-state index is 12.6. The molecule has 0 spiro atoms. The van der Waals surface area contributed by atoms with Gasteiger partial charge in [0.25, 0.3) is 5.91 Å². The molecule has 0 unspecified atom stereocenters. The summed E-state index contributed by atoms with van der Waals surface area (Å²) in [4.78, 5) is 43.2. The van der Waals surface area contributed by atoms with Crippen molar-refractivity contribution in [1.82, 2.24) is 9.88 Å². The number of amides is 1. The lowest BCUT2D eigenvalue weighted by molar-refractivity contribution is -0.145. The first kappa shape index (κ1) is 20.3. The highest BCUT2D eigenvalue weighted by Crippen LogP contribution is 2.31. The van der Waals surface area contributed by atoms with E-state index < -0.39 is 11.9 Å². The lowest BCUT2D eigenvalue weighted by Crippen LogP contribution is -2.30. The summed E-state index contributed by atoms with van der Waals surface area (Å²) in [5, 5.41) is 0.815. The lowest BCUT2D eigenvalue weighted by atomic mass is 10.0. The molecular formula is C24H20N2O5. The Labute approximate surface area is 178 Å². The van der Waals surface area contributed by atoms with Gasteiger partial charge in [-0.05, 0) is 24.6 Å². The highest BCUT2D eigenvalue weighted by Gasteiger charge is 2.32. The molecule has 7 heteroatoms. The Morgan fingerprint density at radius 1 is 1.06 bits per heavy atom. The number of carbonyl (C=O) groups excluding carboxylic acids is 3. The Morgan fingerprint density at radius 2 is 1.74 bits per heavy atom. The number of hydrogen-bond donors (Lipinski definition) is 0. The molecule has 0 fully saturated rings. The molecule has 3 aromatic rings. The zero-order valence-electron chi connectivity index (χ0n) is 17.2. The van der Waals surface area contributed by atoms with Gasteiger partial charge in [0.2, 0.25) is 0 Å². The number of hydrogen-bond acceptors (Lipinski definition) is 6. The van der Waals surface area contributed by atoms with Crippen molar-refractivity contribution in [2.45, 2.75) is 13.5 Å². The van der Waals surface area contributed by atoms with Crippen LogP contribution in [0, 0.1) is 6.92 Å². The molecular weight excluding hydrogens is 396 g/mol. The van der Waals surface area contributed by atoms with Crippen LogP contribution in [0.3, 0.4) is 0 Å². The van der Waals surface area contributed by atoms with Crippen LogP contribution >= 0.6 is 0 Å². The minimum absolute atomic E-state index is 0.226. The number of fused-ring (bicyclic) bond motifs is 2. The van der Waals surface area contributed by atoms with Crippen molar-refractivity contribution in [3.8, 4) is 0 Å². The van der Waals surface area contributed by atoms with E-state index in [9.17, 15) is 14.4 Å². The maximum Gasteiger partial charge on any atom is 0.340 e. The first-order valence-corrected chi connectivity index (χ1v) is 9.64. The zero-order chi connectivity index (χ0) is 22.1. The second-order valence-electron chi connectivity index (χ2n) is 7.11. The molecule has 0 N–H and O–H groups in total. The molecule has 2 aromatic carbocycles. The quantitative estimate of drug-likeness (QED) is 0.592. The van der Waals surface area contributed by atoms with Gasteiger partial charge in [0.15, 0.2) is 0 Å². The molecule has 4 rings (SSSR count). The fourth-order valence-corrected chi connectivity index (χ4v) is 3.74. The van der Waals surface area contributed by atoms with E-state index in [4.69, 9.17) is 9.47 Å². The molecule has 0 bridgehead atoms. The highest BCUT2D eigenvalue weighted by atomic mass is 16.5. The van der Waals surface area contributed by atoms with Crippen LogP contribution in [0.25, 0.3) is 16.6 Å². The summed E-state index contributed by atoms with van der Waals surface area (Å²) in [5.74, 6) is -1.49. The summed E-state index contributed by atoms with van der Waals surface area (Å²) in [6.45, 7) is 5.20. The Kier molecular flexibility index (Phi) is 5.25. The molecule has 1 amide bonds. The number of rotatable bonds is 5. The van der Waals surface area contributed by atoms with E-state index in [2.05, 4.69) is 11.6 Å². The molecule has 1 aliphatic heterocycles. The summed E-state index contributed by atoms with van der Waals surface area (Å²) in [6, 6.07) is 14.4. The molecule has 2 heterocycles. The summed E-state index contributed by atoms with van der Waals surface area (Å²) in [5.41, 5.74) is 3.58. The Hall–Kier alpha value is -4.00. The van der Waals surface area contributed by atoms with Gasteiger partial charge in [-0.3, -0.25) is 14.5 Å². The number of nitrogens with zero attached hydrogens (tertiary/aromatic N) is 2. The maximum absolute atomic E-state index is 12.6. The topological polar surface area (TPSA) is 85.8 Å². The van der Waals surface area contributed by atoms with Crippen LogP contribution in [-0.2, 0) is 20.9 Å². The zero-order valence-corrected chi connectivity index (χ0v) is 17.2. The van der Waals surface area contributed by atoms with Crippen LogP contribution < -0.4 is 0 Å². The first-order valence-electron chi connectivity index (χ1n) is 9.64. The number of aryl methyl sites for hydroxylation is 1. The lowest BCUT2D eigenvalue weighted by Gasteiger charge is -2.17. The standard InChI is InChI=1S/C24H20N2O5/c1-14-16-8-6-7-11-19(16)25-20(22(14)24(29)30-3)13-31-21(27)12-26-15(2)17-9-4-5-10-18(17)23(26)28/h4-11H,2,12-13H2,1,3H3. The fraction of sp³-hybridized carbons (Fsp3) is 0.167.